The monoisotopic (exact) mass is 301 g/mol. The van der Waals surface area contributed by atoms with Gasteiger partial charge < -0.3 is 20.5 Å². The molecule has 0 spiro atoms. The third-order valence-electron chi connectivity index (χ3n) is 3.03. The molecule has 1 aliphatic rings. The molecule has 8 heteroatoms. The summed E-state index contributed by atoms with van der Waals surface area (Å²) in [5.74, 6) is -0.542. The fraction of sp³-hybridized carbons (Fsp3) is 0.769. The summed E-state index contributed by atoms with van der Waals surface area (Å²) in [7, 11) is 0. The molecule has 21 heavy (non-hydrogen) atoms. The third-order valence-corrected chi connectivity index (χ3v) is 3.03. The average molecular weight is 301 g/mol. The molecular weight excluding hydrogens is 278 g/mol. The lowest BCUT2D eigenvalue weighted by molar-refractivity contribution is -0.130. The van der Waals surface area contributed by atoms with Crippen molar-refractivity contribution >= 4 is 17.8 Å². The third kappa shape index (κ3) is 5.31. The van der Waals surface area contributed by atoms with Gasteiger partial charge in [-0.05, 0) is 20.3 Å². The molecule has 1 heterocycles. The molecule has 1 rings (SSSR count). The molecule has 4 amide bonds. The van der Waals surface area contributed by atoms with E-state index in [1.54, 1.807) is 13.8 Å². The number of nitrogens with one attached hydrogen (secondary N) is 2. The zero-order valence-corrected chi connectivity index (χ0v) is 12.5. The predicted molar refractivity (Wildman–Crippen MR) is 74.5 cm³/mol. The van der Waals surface area contributed by atoms with Gasteiger partial charge >= 0.3 is 6.03 Å². The van der Waals surface area contributed by atoms with Gasteiger partial charge in [0.25, 0.3) is 5.91 Å². The van der Waals surface area contributed by atoms with Crippen LogP contribution in [-0.4, -0.2) is 66.3 Å². The maximum Gasteiger partial charge on any atom is 0.325 e. The number of hydrogen-bond donors (Lipinski definition) is 3. The highest BCUT2D eigenvalue weighted by Gasteiger charge is 2.43. The van der Waals surface area contributed by atoms with Gasteiger partial charge in [0.15, 0.2) is 0 Å². The molecule has 1 aliphatic heterocycles. The van der Waals surface area contributed by atoms with Crippen LogP contribution in [0.25, 0.3) is 0 Å². The van der Waals surface area contributed by atoms with Crippen LogP contribution in [0.2, 0.25) is 0 Å². The Morgan fingerprint density at radius 2 is 2.10 bits per heavy atom. The first-order valence-electron chi connectivity index (χ1n) is 6.98. The number of ether oxygens (including phenoxy) is 1. The Labute approximate surface area is 123 Å². The highest BCUT2D eigenvalue weighted by Crippen LogP contribution is 2.16. The average Bonchev–Trinajstić information content (AvgIpc) is 2.61. The predicted octanol–water partition coefficient (Wildman–Crippen LogP) is -0.778. The molecule has 120 valence electrons. The van der Waals surface area contributed by atoms with Gasteiger partial charge in [-0.15, -0.1) is 0 Å². The van der Waals surface area contributed by atoms with Crippen LogP contribution in [0.1, 0.15) is 26.7 Å². The van der Waals surface area contributed by atoms with E-state index in [2.05, 4.69) is 10.6 Å². The van der Waals surface area contributed by atoms with E-state index in [1.807, 2.05) is 0 Å². The summed E-state index contributed by atoms with van der Waals surface area (Å²) in [6.45, 7) is 4.50. The second-order valence-corrected chi connectivity index (χ2v) is 5.30. The molecule has 0 aromatic rings. The van der Waals surface area contributed by atoms with Crippen LogP contribution in [0.4, 0.5) is 4.79 Å². The maximum absolute atomic E-state index is 11.9. The number of amides is 4. The number of rotatable bonds is 9. The number of aliphatic hydroxyl groups is 1. The summed E-state index contributed by atoms with van der Waals surface area (Å²) < 4.78 is 5.05. The van der Waals surface area contributed by atoms with Crippen LogP contribution < -0.4 is 10.6 Å². The number of imide groups is 1. The summed E-state index contributed by atoms with van der Waals surface area (Å²) in [5.41, 5.74) is -0.905. The van der Waals surface area contributed by atoms with Crippen molar-refractivity contribution in [2.24, 2.45) is 0 Å². The summed E-state index contributed by atoms with van der Waals surface area (Å²) in [5, 5.41) is 13.7. The minimum atomic E-state index is -0.905. The highest BCUT2D eigenvalue weighted by atomic mass is 16.5. The molecule has 0 saturated carbocycles. The molecule has 1 fully saturated rings. The van der Waals surface area contributed by atoms with Crippen molar-refractivity contribution in [3.8, 4) is 0 Å². The normalized spacial score (nSPS) is 17.0. The van der Waals surface area contributed by atoms with Crippen molar-refractivity contribution in [1.29, 1.82) is 0 Å². The topological polar surface area (TPSA) is 108 Å². The smallest absolute Gasteiger partial charge is 0.325 e. The van der Waals surface area contributed by atoms with Crippen molar-refractivity contribution in [2.45, 2.75) is 32.2 Å². The molecule has 0 bridgehead atoms. The van der Waals surface area contributed by atoms with E-state index < -0.39 is 11.6 Å². The molecule has 1 saturated heterocycles. The Morgan fingerprint density at radius 1 is 1.38 bits per heavy atom. The van der Waals surface area contributed by atoms with Gasteiger partial charge in [0.1, 0.15) is 5.54 Å². The Morgan fingerprint density at radius 3 is 2.67 bits per heavy atom. The Balaban J connectivity index is 2.19. The first-order chi connectivity index (χ1) is 9.88. The van der Waals surface area contributed by atoms with Crippen molar-refractivity contribution < 1.29 is 24.2 Å². The van der Waals surface area contributed by atoms with Gasteiger partial charge in [0, 0.05) is 26.1 Å². The number of urea groups is 1. The van der Waals surface area contributed by atoms with Crippen LogP contribution in [0.5, 0.6) is 0 Å². The zero-order valence-electron chi connectivity index (χ0n) is 12.5. The molecule has 0 atom stereocenters. The van der Waals surface area contributed by atoms with Gasteiger partial charge in [-0.1, -0.05) is 0 Å². The number of aliphatic hydroxyl groups excluding tert-OH is 1. The molecule has 0 unspecified atom stereocenters. The SMILES string of the molecule is CC1(C)NC(=O)N(CCC(=O)NCCCOCCO)C1=O. The van der Waals surface area contributed by atoms with Crippen molar-refractivity contribution in [3.05, 3.63) is 0 Å². The Bertz CT molecular complexity index is 397. The van der Waals surface area contributed by atoms with E-state index in [0.29, 0.717) is 19.6 Å². The fourth-order valence-corrected chi connectivity index (χ4v) is 1.89. The lowest BCUT2D eigenvalue weighted by atomic mass is 10.1. The van der Waals surface area contributed by atoms with E-state index in [9.17, 15) is 14.4 Å². The zero-order chi connectivity index (χ0) is 15.9. The first-order valence-corrected chi connectivity index (χ1v) is 6.98. The maximum atomic E-state index is 11.9. The van der Waals surface area contributed by atoms with Crippen LogP contribution in [-0.2, 0) is 14.3 Å². The molecule has 0 aromatic carbocycles. The molecule has 0 aromatic heterocycles. The summed E-state index contributed by atoms with van der Waals surface area (Å²) in [6, 6.07) is -0.463. The Hall–Kier alpha value is -1.67. The highest BCUT2D eigenvalue weighted by molar-refractivity contribution is 6.06. The molecular formula is C13H23N3O5. The molecule has 0 radical (unpaired) electrons. The summed E-state index contributed by atoms with van der Waals surface area (Å²) >= 11 is 0. The first kappa shape index (κ1) is 17.4. The number of nitrogens with zero attached hydrogens (tertiary/aromatic N) is 1. The van der Waals surface area contributed by atoms with E-state index in [-0.39, 0.29) is 38.0 Å². The standard InChI is InChI=1S/C13H23N3O5/c1-13(2)11(19)16(12(20)15-13)6-4-10(18)14-5-3-8-21-9-7-17/h17H,3-9H2,1-2H3,(H,14,18)(H,15,20). The largest absolute Gasteiger partial charge is 0.394 e. The number of hydrogen-bond acceptors (Lipinski definition) is 5. The van der Waals surface area contributed by atoms with Crippen molar-refractivity contribution in [1.82, 2.24) is 15.5 Å². The van der Waals surface area contributed by atoms with E-state index in [0.717, 1.165) is 4.90 Å². The molecule has 0 aliphatic carbocycles. The van der Waals surface area contributed by atoms with E-state index in [4.69, 9.17) is 9.84 Å². The van der Waals surface area contributed by atoms with Crippen LogP contribution in [0.15, 0.2) is 0 Å². The molecule has 8 nitrogen and oxygen atoms in total. The summed E-state index contributed by atoms with van der Waals surface area (Å²) in [6.07, 6.45) is 0.717. The van der Waals surface area contributed by atoms with Gasteiger partial charge in [0.2, 0.25) is 5.91 Å². The minimum absolute atomic E-state index is 0.0192. The van der Waals surface area contributed by atoms with Crippen molar-refractivity contribution in [2.75, 3.05) is 32.9 Å². The van der Waals surface area contributed by atoms with Gasteiger partial charge in [-0.3, -0.25) is 14.5 Å². The van der Waals surface area contributed by atoms with Crippen molar-refractivity contribution in [3.63, 3.8) is 0 Å². The fourth-order valence-electron chi connectivity index (χ4n) is 1.89. The van der Waals surface area contributed by atoms with Gasteiger partial charge in [-0.25, -0.2) is 4.79 Å². The second-order valence-electron chi connectivity index (χ2n) is 5.30. The van der Waals surface area contributed by atoms with Crippen LogP contribution in [0.3, 0.4) is 0 Å². The summed E-state index contributed by atoms with van der Waals surface area (Å²) in [4.78, 5) is 36.1. The van der Waals surface area contributed by atoms with Gasteiger partial charge in [-0.2, -0.15) is 0 Å². The van der Waals surface area contributed by atoms with Crippen LogP contribution >= 0.6 is 0 Å². The lowest BCUT2D eigenvalue weighted by Gasteiger charge is -2.15. The quantitative estimate of drug-likeness (QED) is 0.382. The second kappa shape index (κ2) is 7.94. The minimum Gasteiger partial charge on any atom is -0.394 e. The lowest BCUT2D eigenvalue weighted by Crippen LogP contribution is -2.40. The molecule has 3 N–H and O–H groups in total. The van der Waals surface area contributed by atoms with Crippen LogP contribution in [0, 0.1) is 0 Å². The number of carbonyl (C=O) groups is 3. The Kier molecular flexibility index (Phi) is 6.57. The van der Waals surface area contributed by atoms with E-state index in [1.165, 1.54) is 0 Å². The van der Waals surface area contributed by atoms with Gasteiger partial charge in [0.05, 0.1) is 13.2 Å². The van der Waals surface area contributed by atoms with E-state index >= 15 is 0 Å². The number of carbonyl (C=O) groups excluding carboxylic acids is 3.